The summed E-state index contributed by atoms with van der Waals surface area (Å²) in [6, 6.07) is 0. The second-order valence-corrected chi connectivity index (χ2v) is 14.0. The Morgan fingerprint density at radius 3 is 1.87 bits per heavy atom. The molecule has 1 aliphatic heterocycles. The van der Waals surface area contributed by atoms with E-state index in [1.807, 2.05) is 0 Å². The van der Waals surface area contributed by atoms with Crippen molar-refractivity contribution in [2.75, 3.05) is 27.2 Å². The van der Waals surface area contributed by atoms with Gasteiger partial charge in [-0.2, -0.15) is 0 Å². The molecule has 1 unspecified atom stereocenters. The van der Waals surface area contributed by atoms with Gasteiger partial charge in [0, 0.05) is 44.0 Å². The van der Waals surface area contributed by atoms with Gasteiger partial charge >= 0.3 is 0 Å². The summed E-state index contributed by atoms with van der Waals surface area (Å²) >= 11 is 0. The molecule has 3 saturated carbocycles. The van der Waals surface area contributed by atoms with Gasteiger partial charge in [0.25, 0.3) is 0 Å². The SMILES string of the molecule is CC(C)C=C=C1CCCC(P(C2CCCCC2)C2CCCCC2)C1=C1N(C)CCN1C. The number of likely N-dealkylation sites (N-methyl/N-ethyl adjacent to an activating group) is 2. The lowest BCUT2D eigenvalue weighted by molar-refractivity contribution is 0.407. The minimum absolute atomic E-state index is 0.0527. The first kappa shape index (κ1) is 23.4. The second kappa shape index (κ2) is 10.9. The van der Waals surface area contributed by atoms with E-state index in [2.05, 4.69) is 49.5 Å². The van der Waals surface area contributed by atoms with Gasteiger partial charge in [-0.3, -0.25) is 0 Å². The van der Waals surface area contributed by atoms with Gasteiger partial charge in [0.1, 0.15) is 5.82 Å². The number of nitrogens with zero attached hydrogens (tertiary/aromatic N) is 2. The number of rotatable bonds is 4. The van der Waals surface area contributed by atoms with Crippen LogP contribution in [0.25, 0.3) is 0 Å². The molecular weight excluding hydrogens is 395 g/mol. The smallest absolute Gasteiger partial charge is 0.108 e. The maximum absolute atomic E-state index is 3.87. The van der Waals surface area contributed by atoms with Crippen molar-refractivity contribution in [2.24, 2.45) is 5.92 Å². The Hall–Kier alpha value is -0.710. The number of hydrogen-bond acceptors (Lipinski definition) is 2. The average molecular weight is 443 g/mol. The summed E-state index contributed by atoms with van der Waals surface area (Å²) in [5.74, 6) is 2.14. The summed E-state index contributed by atoms with van der Waals surface area (Å²) in [7, 11) is 4.73. The first-order valence-corrected chi connectivity index (χ1v) is 15.0. The minimum Gasteiger partial charge on any atom is -0.359 e. The van der Waals surface area contributed by atoms with Gasteiger partial charge in [0.2, 0.25) is 0 Å². The fourth-order valence-electron chi connectivity index (χ4n) is 6.73. The molecule has 0 aromatic carbocycles. The molecule has 3 heteroatoms. The molecule has 0 spiro atoms. The van der Waals surface area contributed by atoms with Gasteiger partial charge in [-0.25, -0.2) is 0 Å². The van der Waals surface area contributed by atoms with Gasteiger partial charge in [0.15, 0.2) is 0 Å². The Labute approximate surface area is 194 Å². The zero-order valence-corrected chi connectivity index (χ0v) is 21.7. The molecule has 0 amide bonds. The highest BCUT2D eigenvalue weighted by molar-refractivity contribution is 7.60. The van der Waals surface area contributed by atoms with Gasteiger partial charge in [-0.15, -0.1) is 5.73 Å². The van der Waals surface area contributed by atoms with E-state index in [0.717, 1.165) is 17.0 Å². The third kappa shape index (κ3) is 5.45. The van der Waals surface area contributed by atoms with E-state index in [0.29, 0.717) is 5.92 Å². The molecule has 0 N–H and O–H groups in total. The molecule has 4 aliphatic rings. The number of allylic oxidation sites excluding steroid dienone is 2. The van der Waals surface area contributed by atoms with E-state index >= 15 is 0 Å². The average Bonchev–Trinajstić information content (AvgIpc) is 3.12. The Bertz CT molecular complexity index is 660. The van der Waals surface area contributed by atoms with Crippen LogP contribution in [0.1, 0.15) is 97.3 Å². The van der Waals surface area contributed by atoms with Crippen LogP contribution in [0.4, 0.5) is 0 Å². The van der Waals surface area contributed by atoms with Gasteiger partial charge < -0.3 is 9.80 Å². The zero-order valence-electron chi connectivity index (χ0n) is 20.8. The zero-order chi connectivity index (χ0) is 21.8. The van der Waals surface area contributed by atoms with Gasteiger partial charge in [0.05, 0.1) is 0 Å². The van der Waals surface area contributed by atoms with Crippen LogP contribution in [0.2, 0.25) is 0 Å². The van der Waals surface area contributed by atoms with Crippen LogP contribution in [-0.4, -0.2) is 54.0 Å². The summed E-state index contributed by atoms with van der Waals surface area (Å²) in [4.78, 5) is 5.14. The van der Waals surface area contributed by atoms with Crippen LogP contribution in [0.5, 0.6) is 0 Å². The lowest BCUT2D eigenvalue weighted by Crippen LogP contribution is -2.33. The second-order valence-electron chi connectivity index (χ2n) is 11.1. The summed E-state index contributed by atoms with van der Waals surface area (Å²) < 4.78 is 0. The van der Waals surface area contributed by atoms with E-state index in [1.165, 1.54) is 96.6 Å². The van der Waals surface area contributed by atoms with Crippen LogP contribution in [0, 0.1) is 5.92 Å². The lowest BCUT2D eigenvalue weighted by atomic mass is 9.88. The normalized spacial score (nSPS) is 26.9. The van der Waals surface area contributed by atoms with Crippen molar-refractivity contribution in [2.45, 2.75) is 114 Å². The first-order chi connectivity index (χ1) is 15.1. The fourth-order valence-corrected chi connectivity index (χ4v) is 11.3. The Morgan fingerprint density at radius 1 is 0.806 bits per heavy atom. The van der Waals surface area contributed by atoms with E-state index in [4.69, 9.17) is 0 Å². The predicted octanol–water partition coefficient (Wildman–Crippen LogP) is 7.51. The summed E-state index contributed by atoms with van der Waals surface area (Å²) in [5.41, 5.74) is 10.1. The quantitative estimate of drug-likeness (QED) is 0.328. The first-order valence-electron chi connectivity index (χ1n) is 13.5. The molecule has 0 aromatic rings. The highest BCUT2D eigenvalue weighted by Crippen LogP contribution is 2.63. The maximum atomic E-state index is 3.87. The molecule has 1 heterocycles. The van der Waals surface area contributed by atoms with Crippen molar-refractivity contribution >= 4 is 7.92 Å². The molecule has 3 aliphatic carbocycles. The van der Waals surface area contributed by atoms with Crippen molar-refractivity contribution in [1.29, 1.82) is 0 Å². The third-order valence-electron chi connectivity index (χ3n) is 8.24. The molecule has 4 rings (SSSR count). The molecule has 174 valence electrons. The van der Waals surface area contributed by atoms with Gasteiger partial charge in [-0.1, -0.05) is 60.3 Å². The molecule has 2 nitrogen and oxygen atoms in total. The predicted molar refractivity (Wildman–Crippen MR) is 137 cm³/mol. The van der Waals surface area contributed by atoms with Gasteiger partial charge in [-0.05, 0) is 68.3 Å². The maximum Gasteiger partial charge on any atom is 0.108 e. The molecule has 4 fully saturated rings. The molecular formula is C28H47N2P. The van der Waals surface area contributed by atoms with E-state index in [-0.39, 0.29) is 7.92 Å². The Morgan fingerprint density at radius 2 is 1.35 bits per heavy atom. The highest BCUT2D eigenvalue weighted by atomic mass is 31.1. The standard InChI is InChI=1S/C28H47N2P/c1-22(2)18-19-23-12-11-17-26(27(23)28-29(3)20-21-30(28)4)31(24-13-7-5-8-14-24)25-15-9-6-10-16-25/h18,22,24-26H,5-17,20-21H2,1-4H3. The molecule has 31 heavy (non-hydrogen) atoms. The minimum atomic E-state index is 0.0527. The highest BCUT2D eigenvalue weighted by Gasteiger charge is 2.42. The van der Waals surface area contributed by atoms with Crippen molar-refractivity contribution in [3.05, 3.63) is 28.8 Å². The Kier molecular flexibility index (Phi) is 8.27. The summed E-state index contributed by atoms with van der Waals surface area (Å²) in [6.45, 7) is 6.94. The van der Waals surface area contributed by atoms with Crippen LogP contribution in [0.15, 0.2) is 28.8 Å². The van der Waals surface area contributed by atoms with Crippen LogP contribution in [0.3, 0.4) is 0 Å². The number of hydrogen-bond donors (Lipinski definition) is 0. The van der Waals surface area contributed by atoms with E-state index < -0.39 is 0 Å². The third-order valence-corrected chi connectivity index (χ3v) is 12.2. The summed E-state index contributed by atoms with van der Waals surface area (Å²) in [6.07, 6.45) is 21.4. The van der Waals surface area contributed by atoms with Crippen LogP contribution < -0.4 is 0 Å². The van der Waals surface area contributed by atoms with Crippen LogP contribution >= 0.6 is 7.92 Å². The molecule has 0 radical (unpaired) electrons. The molecule has 1 atom stereocenters. The molecule has 0 aromatic heterocycles. The van der Waals surface area contributed by atoms with Crippen molar-refractivity contribution in [3.63, 3.8) is 0 Å². The Balaban J connectivity index is 1.79. The van der Waals surface area contributed by atoms with Crippen molar-refractivity contribution in [3.8, 4) is 0 Å². The molecule has 1 saturated heterocycles. The van der Waals surface area contributed by atoms with Crippen molar-refractivity contribution < 1.29 is 0 Å². The fraction of sp³-hybridized carbons (Fsp3) is 0.821. The van der Waals surface area contributed by atoms with E-state index in [1.54, 1.807) is 17.0 Å². The van der Waals surface area contributed by atoms with E-state index in [9.17, 15) is 0 Å². The topological polar surface area (TPSA) is 6.48 Å². The monoisotopic (exact) mass is 442 g/mol. The van der Waals surface area contributed by atoms with Crippen LogP contribution in [-0.2, 0) is 0 Å². The van der Waals surface area contributed by atoms with Crippen molar-refractivity contribution in [1.82, 2.24) is 9.80 Å². The molecule has 0 bridgehead atoms. The largest absolute Gasteiger partial charge is 0.359 e. The lowest BCUT2D eigenvalue weighted by Gasteiger charge is -2.46. The summed E-state index contributed by atoms with van der Waals surface area (Å²) in [5, 5.41) is 0.